The number of phosphoric ester groups is 1. The predicted molar refractivity (Wildman–Crippen MR) is 225 cm³/mol. The number of ether oxygens (including phenoxy) is 2. The first-order valence-electron chi connectivity index (χ1n) is 20.9. The average Bonchev–Trinajstić information content (AvgIpc) is 3.15. The van der Waals surface area contributed by atoms with Gasteiger partial charge in [-0.3, -0.25) is 18.6 Å². The molecule has 0 bridgehead atoms. The standard InChI is InChI=1S/C45H75O8P/c1-4-7-9-11-13-15-17-19-20-21-22-23-24-25-26-28-30-32-34-36-38-40-45(47)53-43(42-52-54(48,49)51-6-3)41-50-44(46)39-37-35-33-31-29-27-18-16-14-12-10-8-5-2/h7-10,13-16,19-20,22-23,27,29,43H,4-6,11-12,17-18,21,24-26,28,30-42H2,1-3H3,(H,48,49)/b9-7-,10-8-,15-13-,16-14-,20-19-,23-22-,29-27-. The summed E-state index contributed by atoms with van der Waals surface area (Å²) in [4.78, 5) is 34.7. The molecular weight excluding hydrogens is 699 g/mol. The molecule has 0 aromatic heterocycles. The molecule has 0 aliphatic heterocycles. The third-order valence-electron chi connectivity index (χ3n) is 8.20. The molecule has 2 unspecified atom stereocenters. The molecule has 0 radical (unpaired) electrons. The fraction of sp³-hybridized carbons (Fsp3) is 0.644. The molecule has 0 aromatic rings. The molecule has 0 rings (SSSR count). The number of carbonyl (C=O) groups excluding carboxylic acids is 2. The van der Waals surface area contributed by atoms with Gasteiger partial charge in [-0.25, -0.2) is 4.57 Å². The van der Waals surface area contributed by atoms with E-state index in [2.05, 4.69) is 98.9 Å². The maximum absolute atomic E-state index is 12.6. The summed E-state index contributed by atoms with van der Waals surface area (Å²) in [6, 6.07) is 0. The van der Waals surface area contributed by atoms with Crippen molar-refractivity contribution in [2.45, 2.75) is 168 Å². The quantitative estimate of drug-likeness (QED) is 0.0288. The molecule has 0 aliphatic rings. The Morgan fingerprint density at radius 3 is 1.35 bits per heavy atom. The Morgan fingerprint density at radius 1 is 0.500 bits per heavy atom. The summed E-state index contributed by atoms with van der Waals surface area (Å²) < 4.78 is 32.6. The summed E-state index contributed by atoms with van der Waals surface area (Å²) in [6.07, 6.45) is 50.7. The Morgan fingerprint density at radius 2 is 0.889 bits per heavy atom. The second-order valence-electron chi connectivity index (χ2n) is 13.2. The molecule has 0 aliphatic carbocycles. The summed E-state index contributed by atoms with van der Waals surface area (Å²) in [6.45, 7) is 5.18. The highest BCUT2D eigenvalue weighted by molar-refractivity contribution is 7.47. The van der Waals surface area contributed by atoms with Crippen LogP contribution >= 0.6 is 7.82 Å². The van der Waals surface area contributed by atoms with Gasteiger partial charge in [-0.05, 0) is 90.4 Å². The van der Waals surface area contributed by atoms with Crippen LogP contribution in [0.4, 0.5) is 0 Å². The van der Waals surface area contributed by atoms with Crippen molar-refractivity contribution in [3.05, 3.63) is 85.1 Å². The second kappa shape index (κ2) is 39.9. The van der Waals surface area contributed by atoms with Gasteiger partial charge in [0.15, 0.2) is 6.10 Å². The molecular formula is C45H75O8P. The molecule has 0 saturated heterocycles. The van der Waals surface area contributed by atoms with E-state index in [1.807, 2.05) is 0 Å². The number of unbranched alkanes of at least 4 members (excludes halogenated alkanes) is 11. The Kier molecular flexibility index (Phi) is 37.9. The van der Waals surface area contributed by atoms with E-state index in [0.717, 1.165) is 89.9 Å². The third-order valence-corrected chi connectivity index (χ3v) is 9.26. The van der Waals surface area contributed by atoms with E-state index in [9.17, 15) is 19.0 Å². The topological polar surface area (TPSA) is 108 Å². The number of hydrogen-bond acceptors (Lipinski definition) is 7. The molecule has 0 saturated carbocycles. The van der Waals surface area contributed by atoms with Crippen molar-refractivity contribution in [1.82, 2.24) is 0 Å². The summed E-state index contributed by atoms with van der Waals surface area (Å²) >= 11 is 0. The molecule has 0 aromatic carbocycles. The van der Waals surface area contributed by atoms with Gasteiger partial charge in [0.1, 0.15) is 6.61 Å². The highest BCUT2D eigenvalue weighted by Crippen LogP contribution is 2.43. The summed E-state index contributed by atoms with van der Waals surface area (Å²) in [5, 5.41) is 0. The monoisotopic (exact) mass is 775 g/mol. The minimum atomic E-state index is -4.29. The molecule has 0 amide bonds. The highest BCUT2D eigenvalue weighted by Gasteiger charge is 2.25. The van der Waals surface area contributed by atoms with E-state index in [-0.39, 0.29) is 26.1 Å². The number of carbonyl (C=O) groups is 2. The first kappa shape index (κ1) is 51.2. The van der Waals surface area contributed by atoms with Crippen molar-refractivity contribution >= 4 is 19.8 Å². The lowest BCUT2D eigenvalue weighted by atomic mass is 10.1. The van der Waals surface area contributed by atoms with Gasteiger partial charge >= 0.3 is 19.8 Å². The third kappa shape index (κ3) is 38.9. The zero-order chi connectivity index (χ0) is 39.6. The minimum absolute atomic E-state index is 0.0109. The Hall–Kier alpha value is -2.77. The average molecular weight is 775 g/mol. The van der Waals surface area contributed by atoms with Gasteiger partial charge in [-0.2, -0.15) is 0 Å². The predicted octanol–water partition coefficient (Wildman–Crippen LogP) is 13.1. The molecule has 54 heavy (non-hydrogen) atoms. The first-order valence-corrected chi connectivity index (χ1v) is 22.4. The van der Waals surface area contributed by atoms with E-state index < -0.39 is 32.5 Å². The zero-order valence-corrected chi connectivity index (χ0v) is 35.0. The SMILES string of the molecule is CC/C=C\C/C=C\C/C=C\C/C=C\CCCCCCCCCCC(=O)OC(COC(=O)CCCCC/C=C\C/C=C\C/C=C\CC)COP(=O)(O)OCC. The van der Waals surface area contributed by atoms with Crippen LogP contribution < -0.4 is 0 Å². The fourth-order valence-corrected chi connectivity index (χ4v) is 5.98. The van der Waals surface area contributed by atoms with Crippen molar-refractivity contribution in [2.24, 2.45) is 0 Å². The molecule has 9 heteroatoms. The largest absolute Gasteiger partial charge is 0.472 e. The van der Waals surface area contributed by atoms with Gasteiger partial charge in [-0.1, -0.05) is 144 Å². The summed E-state index contributed by atoms with van der Waals surface area (Å²) in [5.41, 5.74) is 0. The van der Waals surface area contributed by atoms with E-state index in [1.54, 1.807) is 6.92 Å². The van der Waals surface area contributed by atoms with Gasteiger partial charge in [0.25, 0.3) is 0 Å². The lowest BCUT2D eigenvalue weighted by Crippen LogP contribution is -2.29. The van der Waals surface area contributed by atoms with E-state index in [1.165, 1.54) is 25.7 Å². The molecule has 1 N–H and O–H groups in total. The molecule has 0 fully saturated rings. The number of phosphoric acid groups is 1. The van der Waals surface area contributed by atoms with Gasteiger partial charge in [-0.15, -0.1) is 0 Å². The normalized spacial score (nSPS) is 14.2. The number of rotatable bonds is 37. The van der Waals surface area contributed by atoms with Crippen LogP contribution in [0.5, 0.6) is 0 Å². The fourth-order valence-electron chi connectivity index (χ4n) is 5.22. The number of allylic oxidation sites excluding steroid dienone is 14. The van der Waals surface area contributed by atoms with Gasteiger partial charge in [0.2, 0.25) is 0 Å². The van der Waals surface area contributed by atoms with Crippen LogP contribution in [-0.2, 0) is 32.7 Å². The first-order chi connectivity index (χ1) is 26.3. The van der Waals surface area contributed by atoms with Crippen LogP contribution in [0.25, 0.3) is 0 Å². The number of esters is 2. The Labute approximate surface area is 329 Å². The van der Waals surface area contributed by atoms with Crippen LogP contribution in [-0.4, -0.2) is 42.8 Å². The molecule has 8 nitrogen and oxygen atoms in total. The Bertz CT molecular complexity index is 1150. The molecule has 2 atom stereocenters. The van der Waals surface area contributed by atoms with Crippen LogP contribution in [0.2, 0.25) is 0 Å². The van der Waals surface area contributed by atoms with Crippen molar-refractivity contribution in [1.29, 1.82) is 0 Å². The van der Waals surface area contributed by atoms with E-state index in [0.29, 0.717) is 12.8 Å². The van der Waals surface area contributed by atoms with Crippen LogP contribution in [0.3, 0.4) is 0 Å². The van der Waals surface area contributed by atoms with Crippen molar-refractivity contribution < 1.29 is 37.6 Å². The zero-order valence-electron chi connectivity index (χ0n) is 34.1. The van der Waals surface area contributed by atoms with Crippen molar-refractivity contribution in [3.8, 4) is 0 Å². The molecule has 0 heterocycles. The van der Waals surface area contributed by atoms with Crippen LogP contribution in [0, 0.1) is 0 Å². The maximum Gasteiger partial charge on any atom is 0.472 e. The smallest absolute Gasteiger partial charge is 0.462 e. The molecule has 308 valence electrons. The lowest BCUT2D eigenvalue weighted by molar-refractivity contribution is -0.161. The summed E-state index contributed by atoms with van der Waals surface area (Å²) in [7, 11) is -4.29. The molecule has 0 spiro atoms. The van der Waals surface area contributed by atoms with Crippen molar-refractivity contribution in [3.63, 3.8) is 0 Å². The van der Waals surface area contributed by atoms with Gasteiger partial charge < -0.3 is 14.4 Å². The number of hydrogen-bond donors (Lipinski definition) is 1. The van der Waals surface area contributed by atoms with Crippen molar-refractivity contribution in [2.75, 3.05) is 19.8 Å². The van der Waals surface area contributed by atoms with Crippen LogP contribution in [0.15, 0.2) is 85.1 Å². The second-order valence-corrected chi connectivity index (χ2v) is 14.7. The van der Waals surface area contributed by atoms with Gasteiger partial charge in [0.05, 0.1) is 13.2 Å². The van der Waals surface area contributed by atoms with Gasteiger partial charge in [0, 0.05) is 12.8 Å². The van der Waals surface area contributed by atoms with E-state index >= 15 is 0 Å². The lowest BCUT2D eigenvalue weighted by Gasteiger charge is -2.19. The van der Waals surface area contributed by atoms with Crippen LogP contribution in [0.1, 0.15) is 162 Å². The minimum Gasteiger partial charge on any atom is -0.462 e. The van der Waals surface area contributed by atoms with E-state index in [4.69, 9.17) is 18.5 Å². The maximum atomic E-state index is 12.6. The summed E-state index contributed by atoms with van der Waals surface area (Å²) in [5.74, 6) is -0.850. The Balaban J connectivity index is 4.14. The highest BCUT2D eigenvalue weighted by atomic mass is 31.2.